The molecule has 1 aliphatic heterocycles. The number of halogens is 6. The molecule has 0 aliphatic carbocycles. The Morgan fingerprint density at radius 3 is 2.39 bits per heavy atom. The van der Waals surface area contributed by atoms with Gasteiger partial charge in [-0.1, -0.05) is 0 Å². The summed E-state index contributed by atoms with van der Waals surface area (Å²) in [6.45, 7) is 2.34. The van der Waals surface area contributed by atoms with Gasteiger partial charge in [0.1, 0.15) is 6.04 Å². The quantitative estimate of drug-likeness (QED) is 0.557. The van der Waals surface area contributed by atoms with Crippen molar-refractivity contribution >= 4 is 17.6 Å². The van der Waals surface area contributed by atoms with Crippen LogP contribution in [-0.2, 0) is 13.1 Å². The average molecular weight is 449 g/mol. The molecule has 13 heteroatoms. The van der Waals surface area contributed by atoms with Crippen molar-refractivity contribution < 1.29 is 35.9 Å². The maximum atomic E-state index is 13.4. The van der Waals surface area contributed by atoms with E-state index in [0.717, 1.165) is 13.1 Å². The van der Waals surface area contributed by atoms with Crippen molar-refractivity contribution in [3.63, 3.8) is 0 Å². The maximum Gasteiger partial charge on any atom is 0.408 e. The van der Waals surface area contributed by atoms with E-state index < -0.39 is 47.6 Å². The molecule has 3 rings (SSSR count). The second-order valence-corrected chi connectivity index (χ2v) is 7.08. The minimum atomic E-state index is -4.64. The fraction of sp³-hybridized carbons (Fsp3) is 0.389. The van der Waals surface area contributed by atoms with Crippen LogP contribution in [0.3, 0.4) is 0 Å². The summed E-state index contributed by atoms with van der Waals surface area (Å²) in [5.74, 6) is -5.67. The van der Waals surface area contributed by atoms with E-state index in [-0.39, 0.29) is 30.0 Å². The highest BCUT2D eigenvalue weighted by molar-refractivity contribution is 5.96. The molecule has 0 saturated heterocycles. The van der Waals surface area contributed by atoms with Crippen LogP contribution in [0.15, 0.2) is 18.3 Å². The van der Waals surface area contributed by atoms with Crippen LogP contribution in [0.2, 0.25) is 0 Å². The predicted octanol–water partition coefficient (Wildman–Crippen LogP) is 3.42. The molecule has 168 valence electrons. The van der Waals surface area contributed by atoms with E-state index in [1.807, 2.05) is 5.32 Å². The fourth-order valence-electron chi connectivity index (χ4n) is 3.04. The van der Waals surface area contributed by atoms with Gasteiger partial charge in [-0.25, -0.2) is 18.0 Å². The molecule has 0 spiro atoms. The van der Waals surface area contributed by atoms with E-state index in [9.17, 15) is 35.9 Å². The largest absolute Gasteiger partial charge is 0.408 e. The Balaban J connectivity index is 1.78. The first kappa shape index (κ1) is 22.4. The normalized spacial score (nSPS) is 17.2. The fourth-order valence-corrected chi connectivity index (χ4v) is 3.04. The minimum Gasteiger partial charge on any atom is -0.340 e. The number of rotatable bonds is 3. The number of nitrogens with one attached hydrogen (secondary N) is 2. The zero-order valence-electron chi connectivity index (χ0n) is 16.2. The smallest absolute Gasteiger partial charge is 0.340 e. The summed E-state index contributed by atoms with van der Waals surface area (Å²) < 4.78 is 79.4. The van der Waals surface area contributed by atoms with E-state index in [1.54, 1.807) is 6.92 Å². The van der Waals surface area contributed by atoms with Crippen LogP contribution < -0.4 is 10.6 Å². The van der Waals surface area contributed by atoms with Crippen LogP contribution in [0, 0.1) is 17.5 Å². The number of alkyl halides is 3. The molecule has 0 unspecified atom stereocenters. The number of urea groups is 1. The van der Waals surface area contributed by atoms with Crippen molar-refractivity contribution in [3.8, 4) is 0 Å². The Kier molecular flexibility index (Phi) is 5.87. The molecule has 0 bridgehead atoms. The van der Waals surface area contributed by atoms with E-state index in [4.69, 9.17) is 0 Å². The van der Waals surface area contributed by atoms with Gasteiger partial charge in [0, 0.05) is 17.8 Å². The van der Waals surface area contributed by atoms with Crippen molar-refractivity contribution in [1.82, 2.24) is 20.0 Å². The summed E-state index contributed by atoms with van der Waals surface area (Å²) in [5.41, 5.74) is -0.277. The number of hydrogen-bond donors (Lipinski definition) is 2. The van der Waals surface area contributed by atoms with Crippen molar-refractivity contribution in [2.45, 2.75) is 45.2 Å². The second kappa shape index (κ2) is 8.12. The van der Waals surface area contributed by atoms with Gasteiger partial charge in [-0.15, -0.1) is 0 Å². The zero-order valence-corrected chi connectivity index (χ0v) is 16.2. The molecule has 2 atom stereocenters. The third-order valence-electron chi connectivity index (χ3n) is 4.82. The molecule has 31 heavy (non-hydrogen) atoms. The topological polar surface area (TPSA) is 79.3 Å². The van der Waals surface area contributed by atoms with Gasteiger partial charge in [-0.2, -0.15) is 18.3 Å². The number of benzene rings is 1. The van der Waals surface area contributed by atoms with E-state index in [0.29, 0.717) is 12.1 Å². The Morgan fingerprint density at radius 1 is 1.19 bits per heavy atom. The van der Waals surface area contributed by atoms with E-state index in [1.165, 1.54) is 9.58 Å². The standard InChI is InChI=1S/C18H17F6N5O2/c1-8-6-29-14(11(5-25-29)16(30)26-9(2)18(22,23)24)7-28(8)17(31)27-10-3-12(19)15(21)13(20)4-10/h3-5,8-9H,6-7H2,1-2H3,(H,26,30)(H,27,31)/t8-,9-/m1/s1. The number of aromatic nitrogens is 2. The SMILES string of the molecule is C[C@@H]1Cn2ncc(C(=O)N[C@H](C)C(F)(F)F)c2CN1C(=O)Nc1cc(F)c(F)c(F)c1. The summed E-state index contributed by atoms with van der Waals surface area (Å²) in [5, 5.41) is 8.05. The molecule has 0 saturated carbocycles. The molecular weight excluding hydrogens is 432 g/mol. The van der Waals surface area contributed by atoms with Crippen LogP contribution in [0.5, 0.6) is 0 Å². The van der Waals surface area contributed by atoms with Gasteiger partial charge in [0.15, 0.2) is 17.5 Å². The lowest BCUT2D eigenvalue weighted by Gasteiger charge is -2.34. The summed E-state index contributed by atoms with van der Waals surface area (Å²) >= 11 is 0. The van der Waals surface area contributed by atoms with Gasteiger partial charge in [0.2, 0.25) is 0 Å². The summed E-state index contributed by atoms with van der Waals surface area (Å²) in [4.78, 5) is 26.1. The monoisotopic (exact) mass is 449 g/mol. The lowest BCUT2D eigenvalue weighted by molar-refractivity contribution is -0.149. The van der Waals surface area contributed by atoms with Crippen molar-refractivity contribution in [3.05, 3.63) is 47.0 Å². The summed E-state index contributed by atoms with van der Waals surface area (Å²) in [6, 6.07) is -2.17. The second-order valence-electron chi connectivity index (χ2n) is 7.08. The highest BCUT2D eigenvalue weighted by Gasteiger charge is 2.38. The van der Waals surface area contributed by atoms with Crippen molar-refractivity contribution in [2.24, 2.45) is 0 Å². The summed E-state index contributed by atoms with van der Waals surface area (Å²) in [7, 11) is 0. The lowest BCUT2D eigenvalue weighted by atomic mass is 10.1. The first-order valence-corrected chi connectivity index (χ1v) is 9.03. The average Bonchev–Trinajstić information content (AvgIpc) is 3.07. The number of hydrogen-bond acceptors (Lipinski definition) is 3. The number of nitrogens with zero attached hydrogens (tertiary/aromatic N) is 3. The molecule has 2 aromatic rings. The first-order chi connectivity index (χ1) is 14.4. The minimum absolute atomic E-state index is 0.122. The van der Waals surface area contributed by atoms with Crippen LogP contribution in [0.25, 0.3) is 0 Å². The molecule has 0 radical (unpaired) electrons. The lowest BCUT2D eigenvalue weighted by Crippen LogP contribution is -2.48. The third-order valence-corrected chi connectivity index (χ3v) is 4.82. The predicted molar refractivity (Wildman–Crippen MR) is 95.5 cm³/mol. The Bertz CT molecular complexity index is 998. The summed E-state index contributed by atoms with van der Waals surface area (Å²) in [6.07, 6.45) is -3.53. The van der Waals surface area contributed by atoms with Crippen LogP contribution in [-0.4, -0.2) is 44.9 Å². The van der Waals surface area contributed by atoms with E-state index in [2.05, 4.69) is 10.4 Å². The van der Waals surface area contributed by atoms with Crippen molar-refractivity contribution in [2.75, 3.05) is 5.32 Å². The number of carbonyl (C=O) groups excluding carboxylic acids is 2. The molecule has 0 fully saturated rings. The molecule has 7 nitrogen and oxygen atoms in total. The van der Waals surface area contributed by atoms with Crippen LogP contribution in [0.4, 0.5) is 36.8 Å². The van der Waals surface area contributed by atoms with Crippen LogP contribution >= 0.6 is 0 Å². The van der Waals surface area contributed by atoms with Crippen LogP contribution in [0.1, 0.15) is 29.9 Å². The number of fused-ring (bicyclic) bond motifs is 1. The number of anilines is 1. The molecule has 2 heterocycles. The maximum absolute atomic E-state index is 13.4. The molecule has 1 aliphatic rings. The zero-order chi connectivity index (χ0) is 23.1. The van der Waals surface area contributed by atoms with Gasteiger partial charge < -0.3 is 15.5 Å². The third kappa shape index (κ3) is 4.59. The van der Waals surface area contributed by atoms with E-state index >= 15 is 0 Å². The van der Waals surface area contributed by atoms with Gasteiger partial charge in [-0.3, -0.25) is 9.48 Å². The molecule has 1 aromatic carbocycles. The highest BCUT2D eigenvalue weighted by atomic mass is 19.4. The van der Waals surface area contributed by atoms with Crippen molar-refractivity contribution in [1.29, 1.82) is 0 Å². The Labute approximate surface area is 172 Å². The molecule has 1 aromatic heterocycles. The Morgan fingerprint density at radius 2 is 1.81 bits per heavy atom. The van der Waals surface area contributed by atoms with Gasteiger partial charge in [0.05, 0.1) is 36.6 Å². The number of carbonyl (C=O) groups is 2. The molecular formula is C18H17F6N5O2. The van der Waals surface area contributed by atoms with Gasteiger partial charge in [-0.05, 0) is 13.8 Å². The molecule has 3 amide bonds. The van der Waals surface area contributed by atoms with Gasteiger partial charge >= 0.3 is 12.2 Å². The Hall–Kier alpha value is -3.25. The molecule has 2 N–H and O–H groups in total. The van der Waals surface area contributed by atoms with Gasteiger partial charge in [0.25, 0.3) is 5.91 Å². The first-order valence-electron chi connectivity index (χ1n) is 9.03. The highest BCUT2D eigenvalue weighted by Crippen LogP contribution is 2.24. The number of amides is 3.